The summed E-state index contributed by atoms with van der Waals surface area (Å²) in [5.74, 6) is 0. The van der Waals surface area contributed by atoms with Crippen LogP contribution in [0.1, 0.15) is 18.5 Å². The highest BCUT2D eigenvalue weighted by Crippen LogP contribution is 2.44. The standard InChI is InChI=1S/C11H13N3O/c12-5-9-1-2-10(6-13-9)14-7-11(8-15)3-4-11/h1-2,6,14-15H,3-4,7-8H2. The Kier molecular flexibility index (Phi) is 2.57. The topological polar surface area (TPSA) is 68.9 Å². The van der Waals surface area contributed by atoms with Crippen molar-refractivity contribution in [2.45, 2.75) is 12.8 Å². The van der Waals surface area contributed by atoms with E-state index in [4.69, 9.17) is 10.4 Å². The van der Waals surface area contributed by atoms with Crippen LogP contribution >= 0.6 is 0 Å². The van der Waals surface area contributed by atoms with Gasteiger partial charge >= 0.3 is 0 Å². The first kappa shape index (κ1) is 9.94. The molecule has 4 heteroatoms. The van der Waals surface area contributed by atoms with Gasteiger partial charge in [-0.3, -0.25) is 0 Å². The molecule has 0 spiro atoms. The summed E-state index contributed by atoms with van der Waals surface area (Å²) in [6, 6.07) is 5.48. The van der Waals surface area contributed by atoms with Gasteiger partial charge in [-0.15, -0.1) is 0 Å². The van der Waals surface area contributed by atoms with Gasteiger partial charge in [0.25, 0.3) is 0 Å². The van der Waals surface area contributed by atoms with Crippen molar-refractivity contribution >= 4 is 5.69 Å². The largest absolute Gasteiger partial charge is 0.396 e. The van der Waals surface area contributed by atoms with Crippen molar-refractivity contribution in [3.05, 3.63) is 24.0 Å². The molecule has 0 amide bonds. The minimum atomic E-state index is 0.0912. The second-order valence-corrected chi connectivity index (χ2v) is 4.06. The molecule has 0 aromatic carbocycles. The van der Waals surface area contributed by atoms with Crippen LogP contribution in [0.2, 0.25) is 0 Å². The van der Waals surface area contributed by atoms with E-state index in [1.807, 2.05) is 12.1 Å². The number of aliphatic hydroxyl groups excluding tert-OH is 1. The van der Waals surface area contributed by atoms with Crippen LogP contribution in [0.3, 0.4) is 0 Å². The second kappa shape index (κ2) is 3.87. The summed E-state index contributed by atoms with van der Waals surface area (Å²) >= 11 is 0. The maximum absolute atomic E-state index is 9.12. The van der Waals surface area contributed by atoms with Crippen molar-refractivity contribution in [2.75, 3.05) is 18.5 Å². The van der Waals surface area contributed by atoms with Crippen molar-refractivity contribution in [1.29, 1.82) is 5.26 Å². The molecule has 2 N–H and O–H groups in total. The lowest BCUT2D eigenvalue weighted by atomic mass is 10.1. The predicted molar refractivity (Wildman–Crippen MR) is 56.2 cm³/mol. The molecule has 2 rings (SSSR count). The number of pyridine rings is 1. The molecule has 1 aliphatic rings. The Morgan fingerprint density at radius 2 is 2.33 bits per heavy atom. The van der Waals surface area contributed by atoms with Gasteiger partial charge in [0.05, 0.1) is 18.5 Å². The number of hydrogen-bond acceptors (Lipinski definition) is 4. The monoisotopic (exact) mass is 203 g/mol. The van der Waals surface area contributed by atoms with Gasteiger partial charge in [0, 0.05) is 12.0 Å². The molecule has 1 aliphatic carbocycles. The van der Waals surface area contributed by atoms with E-state index in [1.54, 1.807) is 12.3 Å². The second-order valence-electron chi connectivity index (χ2n) is 4.06. The van der Waals surface area contributed by atoms with Gasteiger partial charge in [-0.1, -0.05) is 0 Å². The number of aromatic nitrogens is 1. The summed E-state index contributed by atoms with van der Waals surface area (Å²) in [7, 11) is 0. The van der Waals surface area contributed by atoms with Gasteiger partial charge < -0.3 is 10.4 Å². The normalized spacial score (nSPS) is 16.8. The van der Waals surface area contributed by atoms with E-state index in [0.717, 1.165) is 25.1 Å². The first-order valence-electron chi connectivity index (χ1n) is 4.99. The van der Waals surface area contributed by atoms with Gasteiger partial charge in [0.15, 0.2) is 0 Å². The molecule has 1 heterocycles. The molecule has 4 nitrogen and oxygen atoms in total. The molecule has 78 valence electrons. The highest BCUT2D eigenvalue weighted by Gasteiger charge is 2.41. The Bertz CT molecular complexity index is 376. The average Bonchev–Trinajstić information content (AvgIpc) is 3.08. The van der Waals surface area contributed by atoms with Crippen LogP contribution in [-0.4, -0.2) is 23.2 Å². The van der Waals surface area contributed by atoms with Crippen LogP contribution in [0.25, 0.3) is 0 Å². The molecular weight excluding hydrogens is 190 g/mol. The fraction of sp³-hybridized carbons (Fsp3) is 0.455. The number of nitriles is 1. The van der Waals surface area contributed by atoms with Gasteiger partial charge in [-0.05, 0) is 25.0 Å². The summed E-state index contributed by atoms with van der Waals surface area (Å²) in [5.41, 5.74) is 1.41. The van der Waals surface area contributed by atoms with Crippen molar-refractivity contribution < 1.29 is 5.11 Å². The third-order valence-corrected chi connectivity index (χ3v) is 2.84. The molecule has 0 radical (unpaired) electrons. The highest BCUT2D eigenvalue weighted by molar-refractivity contribution is 5.43. The fourth-order valence-electron chi connectivity index (χ4n) is 1.42. The summed E-state index contributed by atoms with van der Waals surface area (Å²) in [5, 5.41) is 20.9. The fourth-order valence-corrected chi connectivity index (χ4v) is 1.42. The molecular formula is C11H13N3O. The number of nitrogens with zero attached hydrogens (tertiary/aromatic N) is 2. The predicted octanol–water partition coefficient (Wildman–Crippen LogP) is 1.14. The van der Waals surface area contributed by atoms with E-state index in [9.17, 15) is 0 Å². The molecule has 0 aliphatic heterocycles. The number of hydrogen-bond donors (Lipinski definition) is 2. The highest BCUT2D eigenvalue weighted by atomic mass is 16.3. The minimum Gasteiger partial charge on any atom is -0.396 e. The van der Waals surface area contributed by atoms with Crippen LogP contribution in [0, 0.1) is 16.7 Å². The first-order chi connectivity index (χ1) is 7.28. The molecule has 0 bridgehead atoms. The van der Waals surface area contributed by atoms with Crippen LogP contribution in [-0.2, 0) is 0 Å². The van der Waals surface area contributed by atoms with E-state index in [-0.39, 0.29) is 12.0 Å². The molecule has 0 atom stereocenters. The van der Waals surface area contributed by atoms with Gasteiger partial charge in [-0.25, -0.2) is 4.98 Å². The van der Waals surface area contributed by atoms with E-state index < -0.39 is 0 Å². The number of aliphatic hydroxyl groups is 1. The Morgan fingerprint density at radius 3 is 2.80 bits per heavy atom. The Labute approximate surface area is 88.6 Å². The van der Waals surface area contributed by atoms with E-state index in [2.05, 4.69) is 10.3 Å². The van der Waals surface area contributed by atoms with Crippen LogP contribution in [0.15, 0.2) is 18.3 Å². The zero-order chi connectivity index (χ0) is 10.7. The molecule has 1 aromatic heterocycles. The lowest BCUT2D eigenvalue weighted by molar-refractivity contribution is 0.220. The summed E-state index contributed by atoms with van der Waals surface area (Å²) in [4.78, 5) is 3.96. The zero-order valence-corrected chi connectivity index (χ0v) is 8.40. The molecule has 1 saturated carbocycles. The van der Waals surface area contributed by atoms with E-state index >= 15 is 0 Å². The lowest BCUT2D eigenvalue weighted by Gasteiger charge is -2.13. The minimum absolute atomic E-state index is 0.0912. The maximum atomic E-state index is 9.12. The Morgan fingerprint density at radius 1 is 1.53 bits per heavy atom. The summed E-state index contributed by atoms with van der Waals surface area (Å²) < 4.78 is 0. The quantitative estimate of drug-likeness (QED) is 0.769. The summed E-state index contributed by atoms with van der Waals surface area (Å²) in [6.45, 7) is 1.01. The van der Waals surface area contributed by atoms with Crippen molar-refractivity contribution in [2.24, 2.45) is 5.41 Å². The van der Waals surface area contributed by atoms with Crippen molar-refractivity contribution in [3.8, 4) is 6.07 Å². The van der Waals surface area contributed by atoms with E-state index in [1.165, 1.54) is 0 Å². The van der Waals surface area contributed by atoms with Crippen molar-refractivity contribution in [1.82, 2.24) is 4.98 Å². The molecule has 1 fully saturated rings. The number of rotatable bonds is 4. The van der Waals surface area contributed by atoms with E-state index in [0.29, 0.717) is 5.69 Å². The zero-order valence-electron chi connectivity index (χ0n) is 8.40. The summed E-state index contributed by atoms with van der Waals surface area (Å²) in [6.07, 6.45) is 3.81. The Balaban J connectivity index is 1.91. The van der Waals surface area contributed by atoms with Crippen molar-refractivity contribution in [3.63, 3.8) is 0 Å². The molecule has 0 saturated heterocycles. The lowest BCUT2D eigenvalue weighted by Crippen LogP contribution is -2.19. The third kappa shape index (κ3) is 2.25. The van der Waals surface area contributed by atoms with Crippen LogP contribution < -0.4 is 5.32 Å². The van der Waals surface area contributed by atoms with Gasteiger partial charge in [-0.2, -0.15) is 5.26 Å². The van der Waals surface area contributed by atoms with Crippen LogP contribution in [0.5, 0.6) is 0 Å². The Hall–Kier alpha value is -1.60. The molecule has 15 heavy (non-hydrogen) atoms. The smallest absolute Gasteiger partial charge is 0.140 e. The van der Waals surface area contributed by atoms with Gasteiger partial charge in [0.1, 0.15) is 11.8 Å². The SMILES string of the molecule is N#Cc1ccc(NCC2(CO)CC2)cn1. The van der Waals surface area contributed by atoms with Crippen LogP contribution in [0.4, 0.5) is 5.69 Å². The first-order valence-corrected chi connectivity index (χ1v) is 4.99. The maximum Gasteiger partial charge on any atom is 0.140 e. The average molecular weight is 203 g/mol. The third-order valence-electron chi connectivity index (χ3n) is 2.84. The molecule has 1 aromatic rings. The number of nitrogens with one attached hydrogen (secondary N) is 1. The number of anilines is 1. The van der Waals surface area contributed by atoms with Gasteiger partial charge in [0.2, 0.25) is 0 Å². The molecule has 0 unspecified atom stereocenters.